The van der Waals surface area contributed by atoms with Crippen molar-refractivity contribution in [2.75, 3.05) is 32.7 Å². The third-order valence-electron chi connectivity index (χ3n) is 6.59. The van der Waals surface area contributed by atoms with Crippen LogP contribution in [0.4, 0.5) is 10.7 Å². The van der Waals surface area contributed by atoms with Crippen molar-refractivity contribution in [3.63, 3.8) is 0 Å². The summed E-state index contributed by atoms with van der Waals surface area (Å²) in [7, 11) is 2.75. The van der Waals surface area contributed by atoms with Gasteiger partial charge in [-0.2, -0.15) is 5.10 Å². The fourth-order valence-corrected chi connectivity index (χ4v) is 4.54. The number of esters is 1. The number of rotatable bonds is 11. The summed E-state index contributed by atoms with van der Waals surface area (Å²) < 4.78 is 18.7. The lowest BCUT2D eigenvalue weighted by molar-refractivity contribution is 0.0600. The molecule has 2 aromatic heterocycles. The van der Waals surface area contributed by atoms with Crippen LogP contribution in [0.25, 0.3) is 11.0 Å². The number of imidazole rings is 1. The van der Waals surface area contributed by atoms with Crippen molar-refractivity contribution in [3.05, 3.63) is 70.5 Å². The highest BCUT2D eigenvalue weighted by Gasteiger charge is 2.21. The number of alkyl carbamates (subject to hydrolysis) is 1. The number of hydrogen-bond donors (Lipinski definition) is 3. The first-order chi connectivity index (χ1) is 21.6. The Kier molecular flexibility index (Phi) is 10.4. The molecule has 14 nitrogen and oxygen atoms in total. The van der Waals surface area contributed by atoms with E-state index in [1.165, 1.54) is 26.4 Å². The lowest BCUT2D eigenvalue weighted by Gasteiger charge is -2.13. The molecule has 0 fully saturated rings. The molecule has 0 aliphatic heterocycles. The summed E-state index contributed by atoms with van der Waals surface area (Å²) >= 11 is 0. The van der Waals surface area contributed by atoms with Crippen molar-refractivity contribution >= 4 is 40.9 Å². The zero-order chi connectivity index (χ0) is 32.5. The van der Waals surface area contributed by atoms with Gasteiger partial charge in [0.05, 0.1) is 31.0 Å². The number of nitrogens with one attached hydrogen (secondary N) is 2. The first-order valence-corrected chi connectivity index (χ1v) is 14.0. The molecule has 0 saturated heterocycles. The molecule has 0 radical (unpaired) electrons. The number of primary amides is 1. The summed E-state index contributed by atoms with van der Waals surface area (Å²) in [5, 5.41) is 9.83. The summed E-state index contributed by atoms with van der Waals surface area (Å²) in [6, 6.07) is 11.3. The van der Waals surface area contributed by atoms with Gasteiger partial charge in [0, 0.05) is 30.8 Å². The number of methoxy groups -OCH3 is 2. The fourth-order valence-electron chi connectivity index (χ4n) is 4.54. The second-order valence-electron chi connectivity index (χ2n) is 9.67. The molecule has 234 valence electrons. The van der Waals surface area contributed by atoms with E-state index in [4.69, 9.17) is 19.9 Å². The number of anilines is 1. The van der Waals surface area contributed by atoms with Crippen molar-refractivity contribution in [2.24, 2.45) is 5.73 Å². The van der Waals surface area contributed by atoms with Gasteiger partial charge in [-0.05, 0) is 56.7 Å². The highest BCUT2D eigenvalue weighted by molar-refractivity contribution is 6.04. The number of aryl methyl sites for hydroxylation is 3. The van der Waals surface area contributed by atoms with Gasteiger partial charge in [0.15, 0.2) is 6.61 Å². The van der Waals surface area contributed by atoms with Gasteiger partial charge in [0.1, 0.15) is 17.0 Å². The molecule has 2 aromatic carbocycles. The van der Waals surface area contributed by atoms with Crippen LogP contribution >= 0.6 is 0 Å². The van der Waals surface area contributed by atoms with E-state index in [0.717, 1.165) is 0 Å². The normalized spacial score (nSPS) is 10.5. The van der Waals surface area contributed by atoms with E-state index in [1.807, 2.05) is 6.92 Å². The van der Waals surface area contributed by atoms with Gasteiger partial charge in [0.25, 0.3) is 5.91 Å². The first kappa shape index (κ1) is 32.1. The Morgan fingerprint density at radius 3 is 2.58 bits per heavy atom. The highest BCUT2D eigenvalue weighted by Crippen LogP contribution is 2.31. The van der Waals surface area contributed by atoms with Crippen LogP contribution in [-0.2, 0) is 22.6 Å². The van der Waals surface area contributed by atoms with Crippen LogP contribution in [0.1, 0.15) is 55.8 Å². The Morgan fingerprint density at radius 1 is 1.07 bits per heavy atom. The fraction of sp³-hybridized carbons (Fsp3) is 0.290. The second-order valence-corrected chi connectivity index (χ2v) is 9.67. The minimum atomic E-state index is -0.663. The quantitative estimate of drug-likeness (QED) is 0.130. The van der Waals surface area contributed by atoms with Gasteiger partial charge >= 0.3 is 12.1 Å². The van der Waals surface area contributed by atoms with Gasteiger partial charge in [-0.15, -0.1) is 0 Å². The largest absolute Gasteiger partial charge is 0.494 e. The van der Waals surface area contributed by atoms with Crippen LogP contribution < -0.4 is 21.1 Å². The zero-order valence-electron chi connectivity index (χ0n) is 25.3. The molecule has 0 atom stereocenters. The average molecular weight is 616 g/mol. The average Bonchev–Trinajstić information content (AvgIpc) is 3.59. The van der Waals surface area contributed by atoms with Crippen LogP contribution in [0, 0.1) is 18.8 Å². The lowest BCUT2D eigenvalue weighted by atomic mass is 10.1. The molecule has 0 aliphatic rings. The monoisotopic (exact) mass is 615 g/mol. The van der Waals surface area contributed by atoms with Crippen LogP contribution in [0.2, 0.25) is 0 Å². The molecule has 4 rings (SSSR count). The van der Waals surface area contributed by atoms with Crippen molar-refractivity contribution < 1.29 is 33.4 Å². The molecule has 0 bridgehead atoms. The van der Waals surface area contributed by atoms with E-state index in [-0.39, 0.29) is 24.7 Å². The number of carbonyl (C=O) groups excluding carboxylic acids is 4. The van der Waals surface area contributed by atoms with Gasteiger partial charge in [-0.3, -0.25) is 19.6 Å². The minimum absolute atomic E-state index is 0.163. The van der Waals surface area contributed by atoms with E-state index in [1.54, 1.807) is 46.5 Å². The van der Waals surface area contributed by atoms with Crippen LogP contribution in [-0.4, -0.2) is 70.6 Å². The van der Waals surface area contributed by atoms with Crippen LogP contribution in [0.5, 0.6) is 5.75 Å². The smallest absolute Gasteiger partial charge is 0.408 e. The predicted molar refractivity (Wildman–Crippen MR) is 164 cm³/mol. The van der Waals surface area contributed by atoms with Crippen molar-refractivity contribution in [1.82, 2.24) is 24.6 Å². The second kappa shape index (κ2) is 14.6. The molecule has 45 heavy (non-hydrogen) atoms. The Balaban J connectivity index is 1.43. The molecule has 4 aromatic rings. The van der Waals surface area contributed by atoms with Crippen molar-refractivity contribution in [2.45, 2.75) is 33.4 Å². The maximum Gasteiger partial charge on any atom is 0.408 e. The van der Waals surface area contributed by atoms with E-state index >= 15 is 0 Å². The minimum Gasteiger partial charge on any atom is -0.494 e. The number of nitrogens with two attached hydrogens (primary N) is 1. The molecule has 0 unspecified atom stereocenters. The standard InChI is InChI=1S/C31H33N7O7/c1-5-38-24(15-19(2)36-38)28(40)35-30-34-23-17-22(27(32)39)18-25(43-3)26(23)37(30)13-8-12-33-31(42)45-14-7-10-20-9-6-11-21(16-20)29(41)44-4/h6,9,11,15-18H,5,8,12-14H2,1-4H3,(H2,32,39)(H,33,42)(H,34,35,40). The van der Waals surface area contributed by atoms with Gasteiger partial charge in [-0.1, -0.05) is 17.9 Å². The Morgan fingerprint density at radius 2 is 1.87 bits per heavy atom. The molecule has 0 spiro atoms. The molecular formula is C31H33N7O7. The van der Waals surface area contributed by atoms with E-state index in [0.29, 0.717) is 58.8 Å². The summed E-state index contributed by atoms with van der Waals surface area (Å²) in [6.07, 6.45) is -0.245. The number of fused-ring (bicyclic) bond motifs is 1. The maximum absolute atomic E-state index is 13.2. The number of hydrogen-bond acceptors (Lipinski definition) is 9. The van der Waals surface area contributed by atoms with Crippen molar-refractivity contribution in [1.29, 1.82) is 0 Å². The number of amides is 3. The van der Waals surface area contributed by atoms with Crippen LogP contribution in [0.15, 0.2) is 42.5 Å². The number of ether oxygens (including phenoxy) is 3. The van der Waals surface area contributed by atoms with E-state index in [9.17, 15) is 19.2 Å². The first-order valence-electron chi connectivity index (χ1n) is 14.0. The molecule has 2 heterocycles. The number of nitrogens with zero attached hydrogens (tertiary/aromatic N) is 4. The molecule has 4 N–H and O–H groups in total. The lowest BCUT2D eigenvalue weighted by Crippen LogP contribution is -2.26. The van der Waals surface area contributed by atoms with Gasteiger partial charge in [-0.25, -0.2) is 14.6 Å². The van der Waals surface area contributed by atoms with Crippen LogP contribution in [0.3, 0.4) is 0 Å². The third kappa shape index (κ3) is 7.77. The third-order valence-corrected chi connectivity index (χ3v) is 6.59. The number of carbonyl (C=O) groups is 4. The summed E-state index contributed by atoms with van der Waals surface area (Å²) in [5.74, 6) is 4.58. The summed E-state index contributed by atoms with van der Waals surface area (Å²) in [5.41, 5.74) is 8.62. The predicted octanol–water partition coefficient (Wildman–Crippen LogP) is 2.88. The molecular weight excluding hydrogens is 582 g/mol. The molecule has 0 aliphatic carbocycles. The maximum atomic E-state index is 13.2. The SMILES string of the molecule is CCn1nc(C)cc1C(=O)Nc1nc2cc(C(N)=O)cc(OC)c2n1CCCNC(=O)OCC#Cc1cccc(C(=O)OC)c1. The number of aromatic nitrogens is 4. The van der Waals surface area contributed by atoms with Gasteiger partial charge in [0.2, 0.25) is 11.9 Å². The Hall–Kier alpha value is -5.84. The topological polar surface area (TPSA) is 182 Å². The Labute approximate surface area is 258 Å². The highest BCUT2D eigenvalue weighted by atomic mass is 16.5. The van der Waals surface area contributed by atoms with E-state index < -0.39 is 23.9 Å². The Bertz CT molecular complexity index is 1810. The number of benzene rings is 2. The molecule has 14 heteroatoms. The van der Waals surface area contributed by atoms with Gasteiger partial charge < -0.3 is 29.8 Å². The summed E-state index contributed by atoms with van der Waals surface area (Å²) in [6.45, 7) is 4.54. The van der Waals surface area contributed by atoms with E-state index in [2.05, 4.69) is 32.6 Å². The summed E-state index contributed by atoms with van der Waals surface area (Å²) in [4.78, 5) is 53.6. The molecule has 0 saturated carbocycles. The van der Waals surface area contributed by atoms with Crippen molar-refractivity contribution in [3.8, 4) is 17.6 Å². The zero-order valence-corrected chi connectivity index (χ0v) is 25.3. The molecule has 3 amide bonds.